The van der Waals surface area contributed by atoms with Crippen LogP contribution in [0.1, 0.15) is 16.7 Å². The molecule has 1 aliphatic heterocycles. The van der Waals surface area contributed by atoms with Gasteiger partial charge in [-0.2, -0.15) is 0 Å². The topological polar surface area (TPSA) is 100 Å². The third-order valence-electron chi connectivity index (χ3n) is 4.77. The van der Waals surface area contributed by atoms with Gasteiger partial charge >= 0.3 is 5.97 Å². The summed E-state index contributed by atoms with van der Waals surface area (Å²) in [6.45, 7) is 0.308. The Morgan fingerprint density at radius 3 is 2.62 bits per heavy atom. The molecule has 8 nitrogen and oxygen atoms in total. The molecule has 0 N–H and O–H groups in total. The van der Waals surface area contributed by atoms with Crippen LogP contribution in [-0.2, 0) is 16.1 Å². The number of carbonyl (C=O) groups excluding carboxylic acids is 1. The Hall–Kier alpha value is -3.44. The van der Waals surface area contributed by atoms with Crippen molar-refractivity contribution in [2.45, 2.75) is 6.61 Å². The van der Waals surface area contributed by atoms with Crippen LogP contribution in [0.5, 0.6) is 11.5 Å². The molecule has 0 spiro atoms. The first-order valence-corrected chi connectivity index (χ1v) is 11.3. The highest BCUT2D eigenvalue weighted by Crippen LogP contribution is 2.35. The van der Waals surface area contributed by atoms with Crippen LogP contribution in [0.2, 0.25) is 5.02 Å². The summed E-state index contributed by atoms with van der Waals surface area (Å²) < 4.78 is 17.5. The number of nitro groups is 1. The molecule has 4 rings (SSSR count). The number of non-ortho nitro benzene ring substituents is 1. The van der Waals surface area contributed by atoms with Crippen LogP contribution in [0.4, 0.5) is 5.69 Å². The zero-order valence-electron chi connectivity index (χ0n) is 17.7. The van der Waals surface area contributed by atoms with Crippen molar-refractivity contribution in [3.63, 3.8) is 0 Å². The molecule has 0 aromatic heterocycles. The van der Waals surface area contributed by atoms with Crippen LogP contribution in [0.3, 0.4) is 0 Å². The van der Waals surface area contributed by atoms with E-state index in [0.29, 0.717) is 34.3 Å². The molecule has 10 heteroatoms. The number of ether oxygens (including phenoxy) is 3. The first-order valence-electron chi connectivity index (χ1n) is 9.86. The quantitative estimate of drug-likeness (QED) is 0.114. The molecule has 0 radical (unpaired) electrons. The molecule has 0 fully saturated rings. The fraction of sp³-hybridized carbons (Fsp3) is 0.0833. The summed E-state index contributed by atoms with van der Waals surface area (Å²) in [5.74, 6) is 0.513. The van der Waals surface area contributed by atoms with Crippen LogP contribution < -0.4 is 9.47 Å². The van der Waals surface area contributed by atoms with E-state index in [1.54, 1.807) is 18.2 Å². The summed E-state index contributed by atoms with van der Waals surface area (Å²) in [6, 6.07) is 16.5. The number of rotatable bonds is 7. The van der Waals surface area contributed by atoms with Gasteiger partial charge in [-0.05, 0) is 76.2 Å². The molecule has 3 aromatic rings. The van der Waals surface area contributed by atoms with Gasteiger partial charge in [-0.3, -0.25) is 10.1 Å². The smallest absolute Gasteiger partial charge is 0.363 e. The van der Waals surface area contributed by atoms with Crippen molar-refractivity contribution in [2.75, 3.05) is 7.11 Å². The number of hydrogen-bond acceptors (Lipinski definition) is 7. The molecular weight excluding hydrogens is 575 g/mol. The lowest BCUT2D eigenvalue weighted by Gasteiger charge is -2.14. The lowest BCUT2D eigenvalue weighted by molar-refractivity contribution is -0.384. The van der Waals surface area contributed by atoms with Gasteiger partial charge in [0.05, 0.1) is 15.6 Å². The molecule has 0 saturated carbocycles. The number of nitro benzene ring substituents is 1. The average Bonchev–Trinajstić information content (AvgIpc) is 3.18. The second-order valence-electron chi connectivity index (χ2n) is 7.09. The average molecular weight is 591 g/mol. The van der Waals surface area contributed by atoms with Crippen molar-refractivity contribution < 1.29 is 23.9 Å². The summed E-state index contributed by atoms with van der Waals surface area (Å²) in [5, 5.41) is 11.5. The van der Waals surface area contributed by atoms with E-state index in [4.69, 9.17) is 25.8 Å². The van der Waals surface area contributed by atoms with Gasteiger partial charge < -0.3 is 14.2 Å². The van der Waals surface area contributed by atoms with E-state index in [1.165, 1.54) is 31.4 Å². The molecule has 0 aliphatic carbocycles. The van der Waals surface area contributed by atoms with Crippen molar-refractivity contribution in [1.82, 2.24) is 0 Å². The Morgan fingerprint density at radius 1 is 1.18 bits per heavy atom. The van der Waals surface area contributed by atoms with Gasteiger partial charge in [0.15, 0.2) is 17.2 Å². The fourth-order valence-electron chi connectivity index (χ4n) is 3.16. The van der Waals surface area contributed by atoms with E-state index in [1.807, 2.05) is 24.3 Å². The van der Waals surface area contributed by atoms with Gasteiger partial charge in [-0.25, -0.2) is 9.79 Å². The minimum Gasteiger partial charge on any atom is -0.493 e. The normalized spacial score (nSPS) is 14.0. The predicted octanol–water partition coefficient (Wildman–Crippen LogP) is 5.78. The Kier molecular flexibility index (Phi) is 7.13. The van der Waals surface area contributed by atoms with Crippen LogP contribution in [0, 0.1) is 13.7 Å². The SMILES string of the molecule is COc1cc(/C=C2\N=C(c3ccc([N+](=O)[O-])cc3)OC2=O)cc(I)c1OCc1cccc(Cl)c1. The molecular formula is C24H16ClIN2O6. The molecule has 34 heavy (non-hydrogen) atoms. The summed E-state index contributed by atoms with van der Waals surface area (Å²) in [6.07, 6.45) is 1.58. The molecule has 0 saturated heterocycles. The van der Waals surface area contributed by atoms with Crippen molar-refractivity contribution in [1.29, 1.82) is 0 Å². The van der Waals surface area contributed by atoms with E-state index in [-0.39, 0.29) is 17.3 Å². The number of hydrogen-bond donors (Lipinski definition) is 0. The monoisotopic (exact) mass is 590 g/mol. The number of benzene rings is 3. The minimum atomic E-state index is -0.622. The molecule has 0 unspecified atom stereocenters. The van der Waals surface area contributed by atoms with Gasteiger partial charge in [0.2, 0.25) is 5.90 Å². The predicted molar refractivity (Wildman–Crippen MR) is 135 cm³/mol. The van der Waals surface area contributed by atoms with Gasteiger partial charge in [0.1, 0.15) is 6.61 Å². The second kappa shape index (κ2) is 10.2. The lowest BCUT2D eigenvalue weighted by atomic mass is 10.1. The van der Waals surface area contributed by atoms with Crippen LogP contribution in [0.25, 0.3) is 6.08 Å². The number of cyclic esters (lactones) is 1. The van der Waals surface area contributed by atoms with E-state index in [0.717, 1.165) is 9.13 Å². The van der Waals surface area contributed by atoms with Crippen molar-refractivity contribution >= 4 is 57.8 Å². The highest BCUT2D eigenvalue weighted by Gasteiger charge is 2.25. The minimum absolute atomic E-state index is 0.0659. The van der Waals surface area contributed by atoms with Crippen molar-refractivity contribution in [3.05, 3.63) is 102 Å². The number of aliphatic imine (C=N–C) groups is 1. The van der Waals surface area contributed by atoms with Gasteiger partial charge in [0, 0.05) is 22.7 Å². The maximum atomic E-state index is 12.3. The number of halogens is 2. The molecule has 3 aromatic carbocycles. The standard InChI is InChI=1S/C24H16ClIN2O6/c1-32-21-12-15(10-19(26)22(21)33-13-14-3-2-4-17(25)9-14)11-20-24(29)34-23(27-20)16-5-7-18(8-6-16)28(30)31/h2-12H,13H2,1H3/b20-11-. The first-order chi connectivity index (χ1) is 16.3. The van der Waals surface area contributed by atoms with Crippen LogP contribution >= 0.6 is 34.2 Å². The fourth-order valence-corrected chi connectivity index (χ4v) is 4.16. The van der Waals surface area contributed by atoms with E-state index in [2.05, 4.69) is 27.6 Å². The van der Waals surface area contributed by atoms with E-state index in [9.17, 15) is 14.9 Å². The van der Waals surface area contributed by atoms with Crippen molar-refractivity contribution in [2.24, 2.45) is 4.99 Å². The molecule has 1 aliphatic rings. The summed E-state index contributed by atoms with van der Waals surface area (Å²) in [4.78, 5) is 26.9. The zero-order chi connectivity index (χ0) is 24.2. The van der Waals surface area contributed by atoms with Gasteiger partial charge in [-0.15, -0.1) is 0 Å². The third-order valence-corrected chi connectivity index (χ3v) is 5.81. The second-order valence-corrected chi connectivity index (χ2v) is 8.69. The highest BCUT2D eigenvalue weighted by molar-refractivity contribution is 14.1. The van der Waals surface area contributed by atoms with E-state index >= 15 is 0 Å². The summed E-state index contributed by atoms with van der Waals surface area (Å²) in [7, 11) is 1.53. The Morgan fingerprint density at radius 2 is 1.94 bits per heavy atom. The number of methoxy groups -OCH3 is 1. The van der Waals surface area contributed by atoms with Gasteiger partial charge in [0.25, 0.3) is 5.69 Å². The molecule has 0 atom stereocenters. The number of nitrogens with zero attached hydrogens (tertiary/aromatic N) is 2. The lowest BCUT2D eigenvalue weighted by Crippen LogP contribution is -2.05. The Bertz CT molecular complexity index is 1340. The number of carbonyl (C=O) groups is 1. The maximum absolute atomic E-state index is 12.3. The maximum Gasteiger partial charge on any atom is 0.363 e. The molecule has 1 heterocycles. The molecule has 0 bridgehead atoms. The van der Waals surface area contributed by atoms with Crippen LogP contribution in [-0.4, -0.2) is 23.9 Å². The third kappa shape index (κ3) is 5.37. The summed E-state index contributed by atoms with van der Waals surface area (Å²) in [5.41, 5.74) is 2.07. The van der Waals surface area contributed by atoms with Gasteiger partial charge in [-0.1, -0.05) is 23.7 Å². The molecule has 0 amide bonds. The van der Waals surface area contributed by atoms with Crippen molar-refractivity contribution in [3.8, 4) is 11.5 Å². The Labute approximate surface area is 213 Å². The first kappa shape index (κ1) is 23.7. The van der Waals surface area contributed by atoms with E-state index < -0.39 is 10.9 Å². The summed E-state index contributed by atoms with van der Waals surface area (Å²) >= 11 is 8.17. The highest BCUT2D eigenvalue weighted by atomic mass is 127. The zero-order valence-corrected chi connectivity index (χ0v) is 20.6. The van der Waals surface area contributed by atoms with Crippen LogP contribution in [0.15, 0.2) is 71.4 Å². The largest absolute Gasteiger partial charge is 0.493 e. The molecule has 172 valence electrons. The Balaban J connectivity index is 1.57. The number of esters is 1.